The normalized spacial score (nSPS) is 17.5. The molecule has 5 nitrogen and oxygen atoms in total. The smallest absolute Gasteiger partial charge is 0.410 e. The van der Waals surface area contributed by atoms with Crippen molar-refractivity contribution < 1.29 is 9.53 Å². The van der Waals surface area contributed by atoms with Crippen LogP contribution in [0.2, 0.25) is 0 Å². The quantitative estimate of drug-likeness (QED) is 0.778. The van der Waals surface area contributed by atoms with E-state index in [1.54, 1.807) is 4.90 Å². The number of amides is 1. The molecule has 5 heteroatoms. The summed E-state index contributed by atoms with van der Waals surface area (Å²) >= 11 is 0. The fourth-order valence-corrected chi connectivity index (χ4v) is 2.93. The zero-order valence-corrected chi connectivity index (χ0v) is 17.2. The highest BCUT2D eigenvalue weighted by atomic mass is 16.6. The van der Waals surface area contributed by atoms with E-state index in [1.807, 2.05) is 64.1 Å². The molecule has 28 heavy (non-hydrogen) atoms. The fourth-order valence-electron chi connectivity index (χ4n) is 2.93. The van der Waals surface area contributed by atoms with E-state index in [1.165, 1.54) is 0 Å². The molecule has 2 N–H and O–H groups in total. The molecule has 0 radical (unpaired) electrons. The van der Waals surface area contributed by atoms with Gasteiger partial charge in [-0.25, -0.2) is 4.79 Å². The summed E-state index contributed by atoms with van der Waals surface area (Å²) in [5, 5.41) is 9.63. The van der Waals surface area contributed by atoms with Crippen molar-refractivity contribution in [1.29, 1.82) is 5.26 Å². The highest BCUT2D eigenvalue weighted by Gasteiger charge is 2.29. The summed E-state index contributed by atoms with van der Waals surface area (Å²) in [5.74, 6) is 0. The molecule has 0 bridgehead atoms. The number of benzene rings is 1. The molecule has 2 rings (SSSR count). The van der Waals surface area contributed by atoms with Gasteiger partial charge in [-0.3, -0.25) is 0 Å². The predicted octanol–water partition coefficient (Wildman–Crippen LogP) is 4.56. The Bertz CT molecular complexity index is 836. The molecule has 1 aromatic rings. The Kier molecular flexibility index (Phi) is 6.69. The summed E-state index contributed by atoms with van der Waals surface area (Å²) in [5.41, 5.74) is 9.09. The number of ether oxygens (including phenoxy) is 1. The van der Waals surface area contributed by atoms with Crippen molar-refractivity contribution >= 4 is 11.8 Å². The first-order valence-corrected chi connectivity index (χ1v) is 9.43. The molecule has 0 aliphatic carbocycles. The van der Waals surface area contributed by atoms with Gasteiger partial charge in [-0.15, -0.1) is 0 Å². The Hall–Kier alpha value is -3.00. The van der Waals surface area contributed by atoms with Gasteiger partial charge in [0.15, 0.2) is 0 Å². The number of nitriles is 1. The van der Waals surface area contributed by atoms with Crippen LogP contribution in [0.1, 0.15) is 45.2 Å². The molecule has 0 spiro atoms. The van der Waals surface area contributed by atoms with Crippen LogP contribution in [0.25, 0.3) is 5.70 Å². The number of nitrogens with zero attached hydrogens (tertiary/aromatic N) is 2. The first kappa shape index (κ1) is 21.3. The highest BCUT2D eigenvalue weighted by Crippen LogP contribution is 2.24. The van der Waals surface area contributed by atoms with Gasteiger partial charge in [-0.2, -0.15) is 5.26 Å². The van der Waals surface area contributed by atoms with Gasteiger partial charge in [0, 0.05) is 11.7 Å². The van der Waals surface area contributed by atoms with Crippen LogP contribution in [0.5, 0.6) is 0 Å². The van der Waals surface area contributed by atoms with Gasteiger partial charge >= 0.3 is 6.09 Å². The molecule has 0 aromatic heterocycles. The van der Waals surface area contributed by atoms with Gasteiger partial charge in [0.1, 0.15) is 5.60 Å². The molecule has 1 unspecified atom stereocenters. The lowest BCUT2D eigenvalue weighted by atomic mass is 9.97. The van der Waals surface area contributed by atoms with Crippen LogP contribution in [0, 0.1) is 11.3 Å². The standard InChI is InChI=1S/C23H29N3O2/c1-16-6-10-21(15-26(16)22(27)28-23(3,4)5)20(14-24)13-9-18-7-11-19(12-8-18)17(2)25/h7-8,10-13,16H,2,6,9,15,25H2,1,3-5H3/b20-13+. The van der Waals surface area contributed by atoms with Crippen LogP contribution in [-0.4, -0.2) is 29.2 Å². The maximum atomic E-state index is 12.5. The topological polar surface area (TPSA) is 79.4 Å². The molecule has 0 saturated heterocycles. The maximum absolute atomic E-state index is 12.5. The van der Waals surface area contributed by atoms with Crippen LogP contribution in [0.15, 0.2) is 54.1 Å². The Morgan fingerprint density at radius 2 is 2.04 bits per heavy atom. The highest BCUT2D eigenvalue weighted by molar-refractivity contribution is 5.70. The third kappa shape index (κ3) is 5.75. The van der Waals surface area contributed by atoms with Gasteiger partial charge < -0.3 is 15.4 Å². The van der Waals surface area contributed by atoms with Gasteiger partial charge in [-0.1, -0.05) is 43.0 Å². The third-order valence-electron chi connectivity index (χ3n) is 4.54. The van der Waals surface area contributed by atoms with Crippen LogP contribution in [0.4, 0.5) is 4.79 Å². The van der Waals surface area contributed by atoms with Crippen LogP contribution in [0.3, 0.4) is 0 Å². The molecule has 148 valence electrons. The Labute approximate surface area is 167 Å². The number of allylic oxidation sites excluding steroid dienone is 1. The summed E-state index contributed by atoms with van der Waals surface area (Å²) in [6.07, 6.45) is 4.92. The third-order valence-corrected chi connectivity index (χ3v) is 4.54. The van der Waals surface area contributed by atoms with Gasteiger partial charge in [0.2, 0.25) is 0 Å². The predicted molar refractivity (Wildman–Crippen MR) is 112 cm³/mol. The van der Waals surface area contributed by atoms with Crippen LogP contribution < -0.4 is 5.73 Å². The number of rotatable bonds is 4. The average Bonchev–Trinajstić information content (AvgIpc) is 2.62. The van der Waals surface area contributed by atoms with Crippen molar-refractivity contribution in [3.63, 3.8) is 0 Å². The average molecular weight is 380 g/mol. The summed E-state index contributed by atoms with van der Waals surface area (Å²) in [4.78, 5) is 14.2. The molecule has 0 saturated carbocycles. The van der Waals surface area contributed by atoms with Gasteiger partial charge in [0.05, 0.1) is 18.2 Å². The van der Waals surface area contributed by atoms with E-state index in [9.17, 15) is 10.1 Å². The lowest BCUT2D eigenvalue weighted by Gasteiger charge is -2.34. The molecule has 1 aliphatic heterocycles. The van der Waals surface area contributed by atoms with E-state index in [2.05, 4.69) is 12.6 Å². The monoisotopic (exact) mass is 379 g/mol. The Morgan fingerprint density at radius 1 is 1.39 bits per heavy atom. The Balaban J connectivity index is 2.12. The first-order valence-electron chi connectivity index (χ1n) is 9.43. The molecule has 1 heterocycles. The van der Waals surface area contributed by atoms with Crippen molar-refractivity contribution in [2.24, 2.45) is 5.73 Å². The fraction of sp³-hybridized carbons (Fsp3) is 0.391. The van der Waals surface area contributed by atoms with Crippen molar-refractivity contribution in [2.45, 2.75) is 52.2 Å². The lowest BCUT2D eigenvalue weighted by molar-refractivity contribution is 0.0189. The zero-order chi connectivity index (χ0) is 20.9. The summed E-state index contributed by atoms with van der Waals surface area (Å²) in [6, 6.07) is 10.1. The maximum Gasteiger partial charge on any atom is 0.410 e. The second-order valence-electron chi connectivity index (χ2n) is 8.08. The molecule has 1 amide bonds. The largest absolute Gasteiger partial charge is 0.444 e. The summed E-state index contributed by atoms with van der Waals surface area (Å²) in [7, 11) is 0. The SMILES string of the molecule is C=C(N)c1ccc(C/C=C(\C#N)C2=CCC(C)N(C(=O)OC(C)(C)C)C2)cc1. The molecular weight excluding hydrogens is 350 g/mol. The van der Waals surface area contributed by atoms with E-state index in [0.29, 0.717) is 30.7 Å². The minimum Gasteiger partial charge on any atom is -0.444 e. The number of nitrogens with two attached hydrogens (primary N) is 1. The summed E-state index contributed by atoms with van der Waals surface area (Å²) in [6.45, 7) is 11.6. The molecule has 1 aromatic carbocycles. The van der Waals surface area contributed by atoms with E-state index in [4.69, 9.17) is 10.5 Å². The summed E-state index contributed by atoms with van der Waals surface area (Å²) < 4.78 is 5.51. The molecule has 1 atom stereocenters. The first-order chi connectivity index (χ1) is 13.1. The van der Waals surface area contributed by atoms with E-state index in [-0.39, 0.29) is 12.1 Å². The number of carbonyl (C=O) groups excluding carboxylic acids is 1. The number of carbonyl (C=O) groups is 1. The van der Waals surface area contributed by atoms with Crippen LogP contribution in [-0.2, 0) is 11.2 Å². The molecule has 0 fully saturated rings. The second-order valence-corrected chi connectivity index (χ2v) is 8.08. The second kappa shape index (κ2) is 8.79. The minimum absolute atomic E-state index is 0.0375. The number of hydrogen-bond acceptors (Lipinski definition) is 4. The van der Waals surface area contributed by atoms with Crippen molar-refractivity contribution in [2.75, 3.05) is 6.54 Å². The van der Waals surface area contributed by atoms with Crippen molar-refractivity contribution in [1.82, 2.24) is 4.90 Å². The molecule has 1 aliphatic rings. The number of hydrogen-bond donors (Lipinski definition) is 1. The van der Waals surface area contributed by atoms with E-state index >= 15 is 0 Å². The zero-order valence-electron chi connectivity index (χ0n) is 17.2. The lowest BCUT2D eigenvalue weighted by Crippen LogP contribution is -2.44. The van der Waals surface area contributed by atoms with Gasteiger partial charge in [-0.05, 0) is 57.2 Å². The van der Waals surface area contributed by atoms with Crippen molar-refractivity contribution in [3.05, 3.63) is 65.3 Å². The van der Waals surface area contributed by atoms with Gasteiger partial charge in [0.25, 0.3) is 0 Å². The van der Waals surface area contributed by atoms with Crippen LogP contribution >= 0.6 is 0 Å². The molecular formula is C23H29N3O2. The Morgan fingerprint density at radius 3 is 2.57 bits per heavy atom. The van der Waals surface area contributed by atoms with Crippen molar-refractivity contribution in [3.8, 4) is 6.07 Å². The van der Waals surface area contributed by atoms with E-state index < -0.39 is 5.60 Å². The minimum atomic E-state index is -0.549. The van der Waals surface area contributed by atoms with E-state index in [0.717, 1.165) is 16.7 Å².